The van der Waals surface area contributed by atoms with Crippen molar-refractivity contribution in [3.63, 3.8) is 0 Å². The summed E-state index contributed by atoms with van der Waals surface area (Å²) in [7, 11) is 0. The van der Waals surface area contributed by atoms with Crippen LogP contribution in [0.15, 0.2) is 30.3 Å². The summed E-state index contributed by atoms with van der Waals surface area (Å²) in [6, 6.07) is 10.2. The Hall–Kier alpha value is -0.375. The van der Waals surface area contributed by atoms with Gasteiger partial charge in [0.25, 0.3) is 0 Å². The number of benzene rings is 1. The molecule has 0 heterocycles. The monoisotopic (exact) mass is 436 g/mol. The van der Waals surface area contributed by atoms with Crippen molar-refractivity contribution in [2.45, 2.75) is 51.9 Å². The second-order valence-electron chi connectivity index (χ2n) is 4.66. The van der Waals surface area contributed by atoms with E-state index < -0.39 is 25.0 Å². The van der Waals surface area contributed by atoms with Gasteiger partial charge in [-0.2, -0.15) is 0 Å². The molecule has 0 spiro atoms. The predicted octanol–water partition coefficient (Wildman–Crippen LogP) is 3.60. The fourth-order valence-corrected chi connectivity index (χ4v) is 5.50. The second-order valence-corrected chi connectivity index (χ2v) is 10.1. The molecule has 0 aliphatic carbocycles. The minimum atomic E-state index is -1.61. The predicted molar refractivity (Wildman–Crippen MR) is 70.2 cm³/mol. The summed E-state index contributed by atoms with van der Waals surface area (Å²) >= 11 is -1.61. The summed E-state index contributed by atoms with van der Waals surface area (Å²) in [6.45, 7) is 2.22. The molecule has 0 saturated carbocycles. The third-order valence-electron chi connectivity index (χ3n) is 2.98. The maximum absolute atomic E-state index is 11.5. The summed E-state index contributed by atoms with van der Waals surface area (Å²) < 4.78 is 6.71. The molecule has 0 aromatic heterocycles. The van der Waals surface area contributed by atoms with E-state index in [-0.39, 0.29) is 5.97 Å². The van der Waals surface area contributed by atoms with E-state index in [1.54, 1.807) is 0 Å². The topological polar surface area (TPSA) is 26.3 Å². The van der Waals surface area contributed by atoms with Crippen molar-refractivity contribution >= 4 is 9.04 Å². The molecule has 1 aromatic carbocycles. The van der Waals surface area contributed by atoms with Crippen LogP contribution >= 0.6 is 0 Å². The van der Waals surface area contributed by atoms with Gasteiger partial charge in [-0.05, 0) is 0 Å². The zero-order valence-corrected chi connectivity index (χ0v) is 16.9. The average Bonchev–Trinajstić information content (AvgIpc) is 2.41. The molecule has 96 valence electrons. The van der Waals surface area contributed by atoms with Crippen molar-refractivity contribution in [3.8, 4) is 0 Å². The number of hydrogen-bond donors (Lipinski definition) is 0. The van der Waals surface area contributed by atoms with Crippen molar-refractivity contribution in [2.75, 3.05) is 0 Å². The Morgan fingerprint density at radius 3 is 2.44 bits per heavy atom. The Bertz CT molecular complexity index is 325. The number of unbranched alkanes of at least 4 members (excludes halogenated alkanes) is 5. The molecule has 0 fully saturated rings. The van der Waals surface area contributed by atoms with Crippen LogP contribution in [0.25, 0.3) is 0 Å². The van der Waals surface area contributed by atoms with Gasteiger partial charge in [0.05, 0.1) is 0 Å². The molecule has 0 atom stereocenters. The van der Waals surface area contributed by atoms with Gasteiger partial charge in [0.1, 0.15) is 0 Å². The van der Waals surface area contributed by atoms with Gasteiger partial charge in [0, 0.05) is 0 Å². The van der Waals surface area contributed by atoms with E-state index in [4.69, 9.17) is 2.64 Å². The summed E-state index contributed by atoms with van der Waals surface area (Å²) in [6.07, 6.45) is 7.91. The molecule has 1 rings (SSSR count). The van der Waals surface area contributed by atoms with E-state index in [1.807, 2.05) is 18.2 Å². The number of hydrogen-bond acceptors (Lipinski definition) is 2. The summed E-state index contributed by atoms with van der Waals surface area (Å²) in [5.41, 5.74) is 0. The van der Waals surface area contributed by atoms with E-state index in [9.17, 15) is 4.79 Å². The summed E-state index contributed by atoms with van der Waals surface area (Å²) in [5, 5.41) is 0. The van der Waals surface area contributed by atoms with Crippen LogP contribution in [-0.4, -0.2) is 5.97 Å². The molecule has 1 aromatic rings. The van der Waals surface area contributed by atoms with Gasteiger partial charge in [-0.3, -0.25) is 0 Å². The summed E-state index contributed by atoms with van der Waals surface area (Å²) in [5.74, 6) is 0.0241. The Kier molecular flexibility index (Phi) is 9.18. The molecule has 0 radical (unpaired) electrons. The SMILES string of the molecule is CCCCCCCCC(=O)[O][Hg][c]1ccccc1. The first-order valence-corrected chi connectivity index (χ1v) is 12.0. The second kappa shape index (κ2) is 10.5. The molecule has 0 aliphatic rings. The van der Waals surface area contributed by atoms with Crippen LogP contribution in [0.4, 0.5) is 0 Å². The van der Waals surface area contributed by atoms with Crippen LogP contribution < -0.4 is 3.07 Å². The molecule has 0 aliphatic heterocycles. The van der Waals surface area contributed by atoms with E-state index in [2.05, 4.69) is 19.1 Å². The van der Waals surface area contributed by atoms with Gasteiger partial charge in [-0.15, -0.1) is 0 Å². The molecule has 0 bridgehead atoms. The van der Waals surface area contributed by atoms with Crippen LogP contribution in [-0.2, 0) is 32.5 Å². The van der Waals surface area contributed by atoms with E-state index >= 15 is 0 Å². The van der Waals surface area contributed by atoms with Crippen LogP contribution in [0.2, 0.25) is 0 Å². The average molecular weight is 435 g/mol. The first-order chi connectivity index (χ1) is 8.83. The standard InChI is InChI=1S/C9H18O2.C6H5.Hg/c1-2-3-4-5-6-7-8-9(10)11;1-2-4-6-5-3-1;/h2-8H2,1H3,(H,10,11);1-5H;/q;;+1/p-1. The molecular weight excluding hydrogens is 413 g/mol. The van der Waals surface area contributed by atoms with Crippen molar-refractivity contribution in [1.29, 1.82) is 0 Å². The van der Waals surface area contributed by atoms with Gasteiger partial charge in [0.15, 0.2) is 0 Å². The van der Waals surface area contributed by atoms with Crippen molar-refractivity contribution in [2.24, 2.45) is 0 Å². The van der Waals surface area contributed by atoms with Gasteiger partial charge in [-0.25, -0.2) is 0 Å². The van der Waals surface area contributed by atoms with Gasteiger partial charge >= 0.3 is 124 Å². The molecule has 0 amide bonds. The Labute approximate surface area is 123 Å². The fourth-order valence-electron chi connectivity index (χ4n) is 1.86. The molecule has 0 saturated heterocycles. The summed E-state index contributed by atoms with van der Waals surface area (Å²) in [4.78, 5) is 11.5. The molecule has 0 unspecified atom stereocenters. The minimum absolute atomic E-state index is 0.0241. The van der Waals surface area contributed by atoms with Gasteiger partial charge < -0.3 is 0 Å². The first-order valence-electron chi connectivity index (χ1n) is 7.02. The Morgan fingerprint density at radius 2 is 1.72 bits per heavy atom. The van der Waals surface area contributed by atoms with Crippen LogP contribution in [0.3, 0.4) is 0 Å². The van der Waals surface area contributed by atoms with E-state index in [1.165, 1.54) is 28.8 Å². The quantitative estimate of drug-likeness (QED) is 0.438. The molecule has 3 heteroatoms. The van der Waals surface area contributed by atoms with Crippen LogP contribution in [0.5, 0.6) is 0 Å². The zero-order valence-electron chi connectivity index (χ0n) is 11.4. The van der Waals surface area contributed by atoms with E-state index in [0.29, 0.717) is 6.42 Å². The Morgan fingerprint density at radius 1 is 1.06 bits per heavy atom. The van der Waals surface area contributed by atoms with Gasteiger partial charge in [0.2, 0.25) is 0 Å². The molecule has 2 nitrogen and oxygen atoms in total. The third-order valence-corrected chi connectivity index (χ3v) is 7.92. The Balaban J connectivity index is 2.01. The van der Waals surface area contributed by atoms with Crippen molar-refractivity contribution < 1.29 is 32.5 Å². The van der Waals surface area contributed by atoms with Crippen LogP contribution in [0.1, 0.15) is 51.9 Å². The third kappa shape index (κ3) is 7.86. The first kappa shape index (κ1) is 15.7. The molecule has 18 heavy (non-hydrogen) atoms. The number of rotatable bonds is 9. The van der Waals surface area contributed by atoms with Crippen molar-refractivity contribution in [1.82, 2.24) is 0 Å². The molecular formula is C15H22HgO2. The fraction of sp³-hybridized carbons (Fsp3) is 0.533. The molecule has 0 N–H and O–H groups in total. The number of carbonyl (C=O) groups is 1. The van der Waals surface area contributed by atoms with Gasteiger partial charge in [-0.1, -0.05) is 0 Å². The normalized spacial score (nSPS) is 9.83. The van der Waals surface area contributed by atoms with Crippen LogP contribution in [0, 0.1) is 0 Å². The van der Waals surface area contributed by atoms with Crippen molar-refractivity contribution in [3.05, 3.63) is 30.3 Å². The van der Waals surface area contributed by atoms with E-state index in [0.717, 1.165) is 12.8 Å². The number of carbonyl (C=O) groups excluding carboxylic acids is 1. The zero-order chi connectivity index (χ0) is 13.1. The maximum atomic E-state index is 11.5.